The minimum atomic E-state index is -0.499. The minimum absolute atomic E-state index is 0.191. The van der Waals surface area contributed by atoms with Crippen molar-refractivity contribution in [2.24, 2.45) is 5.16 Å². The fourth-order valence-electron chi connectivity index (χ4n) is 4.05. The van der Waals surface area contributed by atoms with Crippen LogP contribution in [-0.4, -0.2) is 29.1 Å². The van der Waals surface area contributed by atoms with Crippen LogP contribution in [0.1, 0.15) is 22.7 Å². The molecule has 6 heteroatoms. The second-order valence-corrected chi connectivity index (χ2v) is 7.94. The molecular weight excluding hydrogens is 416 g/mol. The molecular formula is C27H24N2O4. The summed E-state index contributed by atoms with van der Waals surface area (Å²) in [7, 11) is 0. The zero-order valence-electron chi connectivity index (χ0n) is 18.0. The molecule has 1 amide bonds. The van der Waals surface area contributed by atoms with Gasteiger partial charge in [0.25, 0.3) is 0 Å². The molecule has 0 fully saturated rings. The van der Waals surface area contributed by atoms with Crippen molar-refractivity contribution in [2.75, 3.05) is 0 Å². The van der Waals surface area contributed by atoms with Gasteiger partial charge in [0.05, 0.1) is 6.42 Å². The number of fused-ring (bicyclic) bond motifs is 1. The zero-order chi connectivity index (χ0) is 22.5. The van der Waals surface area contributed by atoms with Crippen LogP contribution < -0.4 is 0 Å². The monoisotopic (exact) mass is 440 g/mol. The Balaban J connectivity index is 1.36. The number of benzene rings is 3. The molecule has 0 saturated carbocycles. The molecule has 2 heterocycles. The van der Waals surface area contributed by atoms with Crippen molar-refractivity contribution in [3.63, 3.8) is 0 Å². The van der Waals surface area contributed by atoms with Gasteiger partial charge in [-0.25, -0.2) is 4.79 Å². The van der Waals surface area contributed by atoms with Gasteiger partial charge in [-0.05, 0) is 22.8 Å². The Hall–Kier alpha value is -4.06. The highest BCUT2D eigenvalue weighted by Crippen LogP contribution is 2.36. The maximum atomic E-state index is 13.1. The van der Waals surface area contributed by atoms with Crippen LogP contribution >= 0.6 is 0 Å². The Labute approximate surface area is 192 Å². The minimum Gasteiger partial charge on any atom is -0.467 e. The van der Waals surface area contributed by atoms with E-state index in [1.807, 2.05) is 97.1 Å². The van der Waals surface area contributed by atoms with Crippen molar-refractivity contribution in [3.8, 4) is 0 Å². The van der Waals surface area contributed by atoms with Crippen LogP contribution in [0.2, 0.25) is 0 Å². The molecule has 6 nitrogen and oxygen atoms in total. The molecule has 3 aromatic carbocycles. The van der Waals surface area contributed by atoms with Gasteiger partial charge in [-0.2, -0.15) is 0 Å². The van der Waals surface area contributed by atoms with Crippen molar-refractivity contribution in [1.29, 1.82) is 0 Å². The molecule has 0 unspecified atom stereocenters. The van der Waals surface area contributed by atoms with Crippen molar-refractivity contribution in [1.82, 2.24) is 4.90 Å². The second-order valence-electron chi connectivity index (χ2n) is 7.94. The number of nitrogens with zero attached hydrogens (tertiary/aromatic N) is 2. The van der Waals surface area contributed by atoms with Gasteiger partial charge in [-0.1, -0.05) is 96.2 Å². The highest BCUT2D eigenvalue weighted by Gasteiger charge is 2.44. The van der Waals surface area contributed by atoms with E-state index in [4.69, 9.17) is 14.3 Å². The van der Waals surface area contributed by atoms with Crippen LogP contribution in [0, 0.1) is 0 Å². The molecule has 5 rings (SSSR count). The molecule has 0 spiro atoms. The molecule has 0 N–H and O–H groups in total. The Morgan fingerprint density at radius 1 is 0.879 bits per heavy atom. The molecule has 0 radical (unpaired) electrons. The molecule has 3 aromatic rings. The van der Waals surface area contributed by atoms with Gasteiger partial charge in [-0.15, -0.1) is 0 Å². The van der Waals surface area contributed by atoms with Crippen molar-refractivity contribution < 1.29 is 19.1 Å². The molecule has 33 heavy (non-hydrogen) atoms. The third kappa shape index (κ3) is 4.75. The molecule has 0 saturated heterocycles. The van der Waals surface area contributed by atoms with E-state index >= 15 is 0 Å². The summed E-state index contributed by atoms with van der Waals surface area (Å²) < 4.78 is 11.8. The van der Waals surface area contributed by atoms with Crippen LogP contribution in [0.4, 0.5) is 4.79 Å². The molecule has 166 valence electrons. The topological polar surface area (TPSA) is 60.4 Å². The van der Waals surface area contributed by atoms with Gasteiger partial charge in [0.15, 0.2) is 12.2 Å². The summed E-state index contributed by atoms with van der Waals surface area (Å²) in [6, 6.07) is 28.9. The third-order valence-corrected chi connectivity index (χ3v) is 5.67. The first-order valence-corrected chi connectivity index (χ1v) is 10.9. The first kappa shape index (κ1) is 20.8. The number of hydrogen-bond acceptors (Lipinski definition) is 5. The van der Waals surface area contributed by atoms with E-state index in [1.54, 1.807) is 11.1 Å². The van der Waals surface area contributed by atoms with Crippen molar-refractivity contribution in [2.45, 2.75) is 31.3 Å². The maximum Gasteiger partial charge on any atom is 0.414 e. The van der Waals surface area contributed by atoms with Gasteiger partial charge >= 0.3 is 6.09 Å². The second kappa shape index (κ2) is 9.61. The lowest BCUT2D eigenvalue weighted by atomic mass is 9.93. The van der Waals surface area contributed by atoms with E-state index in [9.17, 15) is 4.79 Å². The van der Waals surface area contributed by atoms with Gasteiger partial charge in [-0.3, -0.25) is 4.90 Å². The molecule has 2 aliphatic heterocycles. The lowest BCUT2D eigenvalue weighted by Crippen LogP contribution is -2.49. The van der Waals surface area contributed by atoms with Gasteiger partial charge in [0.1, 0.15) is 12.6 Å². The fraction of sp³-hybridized carbons (Fsp3) is 0.185. The van der Waals surface area contributed by atoms with E-state index in [0.717, 1.165) is 16.7 Å². The lowest BCUT2D eigenvalue weighted by molar-refractivity contribution is -0.0865. The van der Waals surface area contributed by atoms with Crippen LogP contribution in [0.25, 0.3) is 0 Å². The Kier molecular flexibility index (Phi) is 6.06. The number of carbonyl (C=O) groups is 1. The predicted molar refractivity (Wildman–Crippen MR) is 124 cm³/mol. The SMILES string of the molecule is O=C(OCc1ccccc1)N1C=C[C@H]2OC(Cc3ccccc3)=NO[C@H]2[C@@H]1c1ccccc1. The average Bonchev–Trinajstić information content (AvgIpc) is 2.88. The van der Waals surface area contributed by atoms with Gasteiger partial charge in [0, 0.05) is 6.20 Å². The largest absolute Gasteiger partial charge is 0.467 e. The van der Waals surface area contributed by atoms with Crippen LogP contribution in [0.15, 0.2) is 108 Å². The highest BCUT2D eigenvalue weighted by molar-refractivity contribution is 5.79. The lowest BCUT2D eigenvalue weighted by Gasteiger charge is -2.41. The standard InChI is InChI=1S/C27H24N2O4/c30-27(31-19-21-12-6-2-7-13-21)29-17-16-23-26(25(29)22-14-8-3-9-15-22)33-28-24(32-23)18-20-10-4-1-5-11-20/h1-17,23,25-26H,18-19H2/t23-,25+,26-/m1/s1. The summed E-state index contributed by atoms with van der Waals surface area (Å²) in [6.45, 7) is 0.191. The molecule has 0 bridgehead atoms. The first-order chi connectivity index (χ1) is 16.3. The summed E-state index contributed by atoms with van der Waals surface area (Å²) in [6.07, 6.45) is 2.77. The van der Waals surface area contributed by atoms with Crippen molar-refractivity contribution >= 4 is 12.0 Å². The Morgan fingerprint density at radius 3 is 2.21 bits per heavy atom. The number of amides is 1. The van der Waals surface area contributed by atoms with Gasteiger partial charge in [0.2, 0.25) is 5.90 Å². The summed E-state index contributed by atoms with van der Waals surface area (Å²) in [5.41, 5.74) is 2.93. The summed E-state index contributed by atoms with van der Waals surface area (Å²) in [5.74, 6) is 0.513. The summed E-state index contributed by atoms with van der Waals surface area (Å²) >= 11 is 0. The number of oxime groups is 1. The predicted octanol–water partition coefficient (Wildman–Crippen LogP) is 5.23. The Bertz CT molecular complexity index is 1130. The smallest absolute Gasteiger partial charge is 0.414 e. The van der Waals surface area contributed by atoms with E-state index < -0.39 is 18.2 Å². The highest BCUT2D eigenvalue weighted by atomic mass is 16.7. The third-order valence-electron chi connectivity index (χ3n) is 5.67. The van der Waals surface area contributed by atoms with Crippen molar-refractivity contribution in [3.05, 3.63) is 120 Å². The quantitative estimate of drug-likeness (QED) is 0.545. The molecule has 3 atom stereocenters. The van der Waals surface area contributed by atoms with Gasteiger partial charge < -0.3 is 14.3 Å². The van der Waals surface area contributed by atoms with E-state index in [0.29, 0.717) is 12.3 Å². The van der Waals surface area contributed by atoms with E-state index in [1.165, 1.54) is 0 Å². The average molecular weight is 440 g/mol. The van der Waals surface area contributed by atoms with Crippen LogP contribution in [-0.2, 0) is 27.3 Å². The zero-order valence-corrected chi connectivity index (χ0v) is 18.0. The summed E-state index contributed by atoms with van der Waals surface area (Å²) in [4.78, 5) is 20.6. The normalized spacial score (nSPS) is 21.3. The number of rotatable bonds is 5. The maximum absolute atomic E-state index is 13.1. The Morgan fingerprint density at radius 2 is 1.52 bits per heavy atom. The number of hydrogen-bond donors (Lipinski definition) is 0. The summed E-state index contributed by atoms with van der Waals surface area (Å²) in [5, 5.41) is 4.25. The van der Waals surface area contributed by atoms with Crippen LogP contribution in [0.3, 0.4) is 0 Å². The fourth-order valence-corrected chi connectivity index (χ4v) is 4.05. The van der Waals surface area contributed by atoms with Crippen LogP contribution in [0.5, 0.6) is 0 Å². The first-order valence-electron chi connectivity index (χ1n) is 10.9. The molecule has 0 aromatic heterocycles. The molecule has 0 aliphatic carbocycles. The molecule has 2 aliphatic rings. The number of ether oxygens (including phenoxy) is 2. The number of carbonyl (C=O) groups excluding carboxylic acids is 1. The van der Waals surface area contributed by atoms with E-state index in [-0.39, 0.29) is 12.7 Å². The van der Waals surface area contributed by atoms with E-state index in [2.05, 4.69) is 5.16 Å².